The Morgan fingerprint density at radius 3 is 2.55 bits per heavy atom. The van der Waals surface area contributed by atoms with Gasteiger partial charge >= 0.3 is 0 Å². The molecule has 0 fully saturated rings. The third kappa shape index (κ3) is 4.41. The van der Waals surface area contributed by atoms with Gasteiger partial charge in [-0.05, 0) is 50.2 Å². The zero-order chi connectivity index (χ0) is 16.1. The van der Waals surface area contributed by atoms with E-state index in [0.717, 1.165) is 5.56 Å². The SMILES string of the molecule is Cc1ccc(NC(=O)CN(C)C)c(NC(=O)c2ccsc2)c1. The van der Waals surface area contributed by atoms with Crippen molar-refractivity contribution >= 4 is 34.5 Å². The summed E-state index contributed by atoms with van der Waals surface area (Å²) in [5.41, 5.74) is 2.81. The molecule has 0 spiro atoms. The first-order chi connectivity index (χ1) is 10.5. The van der Waals surface area contributed by atoms with E-state index in [-0.39, 0.29) is 18.4 Å². The smallest absolute Gasteiger partial charge is 0.256 e. The molecule has 0 bridgehead atoms. The zero-order valence-corrected chi connectivity index (χ0v) is 13.7. The summed E-state index contributed by atoms with van der Waals surface area (Å²) in [7, 11) is 3.65. The fourth-order valence-electron chi connectivity index (χ4n) is 1.94. The van der Waals surface area contributed by atoms with Gasteiger partial charge in [0.05, 0.1) is 23.5 Å². The number of nitrogens with one attached hydrogen (secondary N) is 2. The van der Waals surface area contributed by atoms with Crippen LogP contribution in [-0.2, 0) is 4.79 Å². The molecule has 1 heterocycles. The van der Waals surface area contributed by atoms with Crippen LogP contribution >= 0.6 is 11.3 Å². The molecule has 0 saturated heterocycles. The number of likely N-dealkylation sites (N-methyl/N-ethyl adjacent to an activating group) is 1. The van der Waals surface area contributed by atoms with Crippen molar-refractivity contribution in [1.29, 1.82) is 0 Å². The lowest BCUT2D eigenvalue weighted by atomic mass is 10.1. The fraction of sp³-hybridized carbons (Fsp3) is 0.250. The highest BCUT2D eigenvalue weighted by Gasteiger charge is 2.12. The number of amides is 2. The molecule has 1 aromatic heterocycles. The van der Waals surface area contributed by atoms with E-state index in [1.165, 1.54) is 11.3 Å². The summed E-state index contributed by atoms with van der Waals surface area (Å²) in [6.45, 7) is 2.22. The number of aryl methyl sites for hydroxylation is 1. The average molecular weight is 317 g/mol. The lowest BCUT2D eigenvalue weighted by molar-refractivity contribution is -0.116. The molecule has 0 unspecified atom stereocenters. The Hall–Kier alpha value is -2.18. The second-order valence-corrected chi connectivity index (χ2v) is 6.08. The molecule has 0 radical (unpaired) electrons. The summed E-state index contributed by atoms with van der Waals surface area (Å²) in [5, 5.41) is 9.32. The molecule has 2 aromatic rings. The number of nitrogens with zero attached hydrogens (tertiary/aromatic N) is 1. The number of benzene rings is 1. The average Bonchev–Trinajstić information content (AvgIpc) is 2.95. The van der Waals surface area contributed by atoms with Crippen molar-refractivity contribution in [2.24, 2.45) is 0 Å². The van der Waals surface area contributed by atoms with E-state index in [4.69, 9.17) is 0 Å². The second kappa shape index (κ2) is 7.20. The molecule has 5 nitrogen and oxygen atoms in total. The normalized spacial score (nSPS) is 10.5. The minimum absolute atomic E-state index is 0.125. The quantitative estimate of drug-likeness (QED) is 0.891. The van der Waals surface area contributed by atoms with Gasteiger partial charge in [-0.25, -0.2) is 0 Å². The van der Waals surface area contributed by atoms with E-state index in [1.54, 1.807) is 22.4 Å². The van der Waals surface area contributed by atoms with Gasteiger partial charge < -0.3 is 15.5 Å². The van der Waals surface area contributed by atoms with Crippen LogP contribution in [0.25, 0.3) is 0 Å². The highest BCUT2D eigenvalue weighted by atomic mass is 32.1. The van der Waals surface area contributed by atoms with Gasteiger partial charge in [0.25, 0.3) is 5.91 Å². The van der Waals surface area contributed by atoms with Crippen molar-refractivity contribution in [3.8, 4) is 0 Å². The lowest BCUT2D eigenvalue weighted by Crippen LogP contribution is -2.27. The van der Waals surface area contributed by atoms with Gasteiger partial charge in [0.15, 0.2) is 0 Å². The molecule has 22 heavy (non-hydrogen) atoms. The minimum atomic E-state index is -0.185. The Morgan fingerprint density at radius 1 is 1.14 bits per heavy atom. The first-order valence-corrected chi connectivity index (χ1v) is 7.79. The summed E-state index contributed by atoms with van der Waals surface area (Å²) in [4.78, 5) is 25.9. The molecular weight excluding hydrogens is 298 g/mol. The van der Waals surface area contributed by atoms with Crippen LogP contribution in [0.3, 0.4) is 0 Å². The van der Waals surface area contributed by atoms with Crippen LogP contribution in [0.1, 0.15) is 15.9 Å². The molecule has 0 atom stereocenters. The van der Waals surface area contributed by atoms with Crippen LogP contribution in [0.15, 0.2) is 35.0 Å². The maximum atomic E-state index is 12.2. The van der Waals surface area contributed by atoms with Crippen LogP contribution < -0.4 is 10.6 Å². The molecule has 116 valence electrons. The summed E-state index contributed by atoms with van der Waals surface area (Å²) in [6, 6.07) is 7.30. The number of thiophene rings is 1. The number of carbonyl (C=O) groups excluding carboxylic acids is 2. The first-order valence-electron chi connectivity index (χ1n) is 6.84. The van der Waals surface area contributed by atoms with Gasteiger partial charge in [-0.3, -0.25) is 9.59 Å². The van der Waals surface area contributed by atoms with Crippen LogP contribution in [0.5, 0.6) is 0 Å². The Kier molecular flexibility index (Phi) is 5.30. The van der Waals surface area contributed by atoms with Gasteiger partial charge in [0.1, 0.15) is 0 Å². The van der Waals surface area contributed by atoms with Crippen molar-refractivity contribution in [2.75, 3.05) is 31.3 Å². The van der Waals surface area contributed by atoms with Crippen LogP contribution in [-0.4, -0.2) is 37.4 Å². The zero-order valence-electron chi connectivity index (χ0n) is 12.8. The largest absolute Gasteiger partial charge is 0.323 e. The molecule has 0 saturated carbocycles. The van der Waals surface area contributed by atoms with E-state index >= 15 is 0 Å². The van der Waals surface area contributed by atoms with E-state index in [2.05, 4.69) is 10.6 Å². The fourth-order valence-corrected chi connectivity index (χ4v) is 2.57. The highest BCUT2D eigenvalue weighted by molar-refractivity contribution is 7.08. The van der Waals surface area contributed by atoms with Crippen molar-refractivity contribution in [3.63, 3.8) is 0 Å². The van der Waals surface area contributed by atoms with E-state index in [0.29, 0.717) is 16.9 Å². The van der Waals surface area contributed by atoms with E-state index in [9.17, 15) is 9.59 Å². The molecular formula is C16H19N3O2S. The summed E-state index contributed by atoms with van der Waals surface area (Å²) in [5.74, 6) is -0.310. The number of rotatable bonds is 5. The number of carbonyl (C=O) groups is 2. The van der Waals surface area contributed by atoms with Crippen molar-refractivity contribution < 1.29 is 9.59 Å². The second-order valence-electron chi connectivity index (χ2n) is 5.30. The molecule has 1 aromatic carbocycles. The third-order valence-electron chi connectivity index (χ3n) is 2.94. The molecule has 0 aliphatic rings. The molecule has 2 rings (SSSR count). The number of hydrogen-bond donors (Lipinski definition) is 2. The predicted octanol–water partition coefficient (Wildman–Crippen LogP) is 2.81. The van der Waals surface area contributed by atoms with Gasteiger partial charge in [-0.1, -0.05) is 6.07 Å². The summed E-state index contributed by atoms with van der Waals surface area (Å²) < 4.78 is 0. The monoisotopic (exact) mass is 317 g/mol. The first kappa shape index (κ1) is 16.2. The number of anilines is 2. The van der Waals surface area contributed by atoms with Crippen LogP contribution in [0.2, 0.25) is 0 Å². The Labute approximate surface area is 134 Å². The minimum Gasteiger partial charge on any atom is -0.323 e. The molecule has 6 heteroatoms. The van der Waals surface area contributed by atoms with Gasteiger partial charge in [-0.15, -0.1) is 0 Å². The molecule has 2 amide bonds. The Bertz CT molecular complexity index is 666. The molecule has 0 aliphatic carbocycles. The molecule has 2 N–H and O–H groups in total. The topological polar surface area (TPSA) is 61.4 Å². The van der Waals surface area contributed by atoms with Gasteiger partial charge in [0, 0.05) is 5.38 Å². The van der Waals surface area contributed by atoms with Crippen LogP contribution in [0.4, 0.5) is 11.4 Å². The van der Waals surface area contributed by atoms with Gasteiger partial charge in [-0.2, -0.15) is 11.3 Å². The van der Waals surface area contributed by atoms with Crippen molar-refractivity contribution in [3.05, 3.63) is 46.2 Å². The predicted molar refractivity (Wildman–Crippen MR) is 90.6 cm³/mol. The maximum absolute atomic E-state index is 12.2. The van der Waals surface area contributed by atoms with Crippen molar-refractivity contribution in [2.45, 2.75) is 6.92 Å². The van der Waals surface area contributed by atoms with Crippen molar-refractivity contribution in [1.82, 2.24) is 4.90 Å². The van der Waals surface area contributed by atoms with Crippen LogP contribution in [0, 0.1) is 6.92 Å². The highest BCUT2D eigenvalue weighted by Crippen LogP contribution is 2.24. The van der Waals surface area contributed by atoms with Gasteiger partial charge in [0.2, 0.25) is 5.91 Å². The number of hydrogen-bond acceptors (Lipinski definition) is 4. The summed E-state index contributed by atoms with van der Waals surface area (Å²) >= 11 is 1.47. The Morgan fingerprint density at radius 2 is 1.91 bits per heavy atom. The summed E-state index contributed by atoms with van der Waals surface area (Å²) in [6.07, 6.45) is 0. The standard InChI is InChI=1S/C16H19N3O2S/c1-11-4-5-13(17-15(20)9-19(2)3)14(8-11)18-16(21)12-6-7-22-10-12/h4-8,10H,9H2,1-3H3,(H,17,20)(H,18,21). The lowest BCUT2D eigenvalue weighted by Gasteiger charge is -2.14. The third-order valence-corrected chi connectivity index (χ3v) is 3.62. The van der Waals surface area contributed by atoms with E-state index < -0.39 is 0 Å². The molecule has 0 aliphatic heterocycles. The van der Waals surface area contributed by atoms with E-state index in [1.807, 2.05) is 38.5 Å². The maximum Gasteiger partial charge on any atom is 0.256 e. The Balaban J connectivity index is 2.17.